The van der Waals surface area contributed by atoms with Gasteiger partial charge in [-0.25, -0.2) is 0 Å². The summed E-state index contributed by atoms with van der Waals surface area (Å²) >= 11 is 0. The van der Waals surface area contributed by atoms with E-state index >= 15 is 0 Å². The van der Waals surface area contributed by atoms with Crippen LogP contribution in [0.3, 0.4) is 0 Å². The summed E-state index contributed by atoms with van der Waals surface area (Å²) < 4.78 is 11.9. The molecule has 0 saturated heterocycles. The SMILES string of the molecule is CC(C)C(=O)OC1C=C(OC(C)(C)C)c2cccc3cccc1c23. The van der Waals surface area contributed by atoms with Gasteiger partial charge in [-0.2, -0.15) is 0 Å². The van der Waals surface area contributed by atoms with Crippen molar-refractivity contribution in [1.29, 1.82) is 0 Å². The summed E-state index contributed by atoms with van der Waals surface area (Å²) in [5.41, 5.74) is 1.74. The molecular weight excluding hydrogens is 300 g/mol. The van der Waals surface area contributed by atoms with Crippen molar-refractivity contribution in [3.8, 4) is 0 Å². The molecule has 0 N–H and O–H groups in total. The lowest BCUT2D eigenvalue weighted by atomic mass is 9.90. The van der Waals surface area contributed by atoms with Crippen LogP contribution in [0.5, 0.6) is 0 Å². The molecule has 3 nitrogen and oxygen atoms in total. The maximum absolute atomic E-state index is 12.1. The molecule has 0 saturated carbocycles. The molecule has 1 unspecified atom stereocenters. The highest BCUT2D eigenvalue weighted by Crippen LogP contribution is 2.41. The zero-order valence-electron chi connectivity index (χ0n) is 14.9. The lowest BCUT2D eigenvalue weighted by Gasteiger charge is -2.30. The van der Waals surface area contributed by atoms with E-state index in [1.54, 1.807) is 0 Å². The van der Waals surface area contributed by atoms with Crippen LogP contribution in [0.2, 0.25) is 0 Å². The van der Waals surface area contributed by atoms with Crippen LogP contribution in [0.25, 0.3) is 16.5 Å². The van der Waals surface area contributed by atoms with Crippen LogP contribution in [-0.4, -0.2) is 11.6 Å². The third-order valence-corrected chi connectivity index (χ3v) is 3.94. The summed E-state index contributed by atoms with van der Waals surface area (Å²) in [6.07, 6.45) is 1.50. The molecule has 0 bridgehead atoms. The van der Waals surface area contributed by atoms with Crippen LogP contribution >= 0.6 is 0 Å². The van der Waals surface area contributed by atoms with Crippen LogP contribution in [0.4, 0.5) is 0 Å². The molecular formula is C21H24O3. The largest absolute Gasteiger partial charge is 0.488 e. The fraction of sp³-hybridized carbons (Fsp3) is 0.381. The van der Waals surface area contributed by atoms with Crippen molar-refractivity contribution in [2.24, 2.45) is 5.92 Å². The normalized spacial score (nSPS) is 16.9. The van der Waals surface area contributed by atoms with Crippen LogP contribution in [-0.2, 0) is 14.3 Å². The first-order chi connectivity index (χ1) is 11.3. The molecule has 3 heteroatoms. The second-order valence-corrected chi connectivity index (χ2v) is 7.51. The third kappa shape index (κ3) is 3.16. The number of hydrogen-bond acceptors (Lipinski definition) is 3. The number of benzene rings is 2. The quantitative estimate of drug-likeness (QED) is 0.723. The molecule has 126 valence electrons. The Balaban J connectivity index is 2.14. The number of ether oxygens (including phenoxy) is 2. The van der Waals surface area contributed by atoms with Crippen molar-refractivity contribution in [3.05, 3.63) is 53.6 Å². The zero-order chi connectivity index (χ0) is 17.5. The van der Waals surface area contributed by atoms with Crippen molar-refractivity contribution >= 4 is 22.5 Å². The van der Waals surface area contributed by atoms with E-state index < -0.39 is 6.10 Å². The van der Waals surface area contributed by atoms with Gasteiger partial charge in [0.1, 0.15) is 17.5 Å². The predicted octanol–water partition coefficient (Wildman–Crippen LogP) is 5.25. The lowest BCUT2D eigenvalue weighted by Crippen LogP contribution is -2.22. The first-order valence-corrected chi connectivity index (χ1v) is 8.39. The van der Waals surface area contributed by atoms with Gasteiger partial charge in [-0.15, -0.1) is 0 Å². The highest BCUT2D eigenvalue weighted by atomic mass is 16.5. The van der Waals surface area contributed by atoms with E-state index in [1.807, 2.05) is 58.9 Å². The Hall–Kier alpha value is -2.29. The van der Waals surface area contributed by atoms with Gasteiger partial charge in [0.15, 0.2) is 0 Å². The van der Waals surface area contributed by atoms with Crippen molar-refractivity contribution < 1.29 is 14.3 Å². The topological polar surface area (TPSA) is 35.5 Å². The van der Waals surface area contributed by atoms with Gasteiger partial charge in [-0.05, 0) is 31.5 Å². The van der Waals surface area contributed by atoms with Gasteiger partial charge in [0, 0.05) is 17.2 Å². The number of rotatable bonds is 3. The smallest absolute Gasteiger partial charge is 0.309 e. The van der Waals surface area contributed by atoms with E-state index in [0.29, 0.717) is 0 Å². The summed E-state index contributed by atoms with van der Waals surface area (Å²) in [6, 6.07) is 12.3. The summed E-state index contributed by atoms with van der Waals surface area (Å²) in [4.78, 5) is 12.1. The molecule has 24 heavy (non-hydrogen) atoms. The molecule has 1 aliphatic rings. The molecule has 2 aromatic carbocycles. The van der Waals surface area contributed by atoms with Crippen molar-refractivity contribution in [2.75, 3.05) is 0 Å². The predicted molar refractivity (Wildman–Crippen MR) is 96.4 cm³/mol. The Morgan fingerprint density at radius 2 is 1.75 bits per heavy atom. The molecule has 0 spiro atoms. The minimum absolute atomic E-state index is 0.165. The molecule has 0 amide bonds. The van der Waals surface area contributed by atoms with E-state index in [4.69, 9.17) is 9.47 Å². The van der Waals surface area contributed by atoms with Crippen molar-refractivity contribution in [2.45, 2.75) is 46.3 Å². The number of hydrogen-bond donors (Lipinski definition) is 0. The molecule has 0 radical (unpaired) electrons. The first kappa shape index (κ1) is 16.6. The van der Waals surface area contributed by atoms with Crippen molar-refractivity contribution in [3.63, 3.8) is 0 Å². The molecule has 0 aromatic heterocycles. The lowest BCUT2D eigenvalue weighted by molar-refractivity contribution is -0.150. The molecule has 0 heterocycles. The van der Waals surface area contributed by atoms with E-state index in [2.05, 4.69) is 18.2 Å². The number of carbonyl (C=O) groups excluding carboxylic acids is 1. The second kappa shape index (κ2) is 5.97. The van der Waals surface area contributed by atoms with Gasteiger partial charge >= 0.3 is 5.97 Å². The Kier molecular flexibility index (Phi) is 4.12. The van der Waals surface area contributed by atoms with Gasteiger partial charge in [0.05, 0.1) is 5.92 Å². The second-order valence-electron chi connectivity index (χ2n) is 7.51. The van der Waals surface area contributed by atoms with E-state index in [1.165, 1.54) is 0 Å². The van der Waals surface area contributed by atoms with Gasteiger partial charge in [0.25, 0.3) is 0 Å². The Labute approximate surface area is 143 Å². The van der Waals surface area contributed by atoms with Gasteiger partial charge in [-0.1, -0.05) is 50.2 Å². The van der Waals surface area contributed by atoms with Crippen LogP contribution < -0.4 is 0 Å². The molecule has 3 rings (SSSR count). The maximum Gasteiger partial charge on any atom is 0.309 e. The summed E-state index contributed by atoms with van der Waals surface area (Å²) in [6.45, 7) is 9.74. The highest BCUT2D eigenvalue weighted by Gasteiger charge is 2.28. The third-order valence-electron chi connectivity index (χ3n) is 3.94. The molecule has 1 aliphatic carbocycles. The average Bonchev–Trinajstić information content (AvgIpc) is 2.50. The maximum atomic E-state index is 12.1. The molecule has 0 fully saturated rings. The van der Waals surface area contributed by atoms with Crippen LogP contribution in [0, 0.1) is 5.92 Å². The van der Waals surface area contributed by atoms with E-state index in [-0.39, 0.29) is 17.5 Å². The van der Waals surface area contributed by atoms with Crippen LogP contribution in [0.15, 0.2) is 42.5 Å². The van der Waals surface area contributed by atoms with Gasteiger partial charge in [0.2, 0.25) is 0 Å². The van der Waals surface area contributed by atoms with Crippen LogP contribution in [0.1, 0.15) is 51.8 Å². The molecule has 1 atom stereocenters. The standard InChI is InChI=1S/C21H24O3/c1-13(2)20(22)23-17-12-18(24-21(3,4)5)16-11-7-9-14-8-6-10-15(17)19(14)16/h6-13,17H,1-5H3. The van der Waals surface area contributed by atoms with Gasteiger partial charge in [-0.3, -0.25) is 4.79 Å². The highest BCUT2D eigenvalue weighted by molar-refractivity contribution is 5.97. The molecule has 0 aliphatic heterocycles. The summed E-state index contributed by atoms with van der Waals surface area (Å²) in [5, 5.41) is 2.22. The first-order valence-electron chi connectivity index (χ1n) is 8.39. The number of carbonyl (C=O) groups is 1. The molecule has 2 aromatic rings. The summed E-state index contributed by atoms with van der Waals surface area (Å²) in [7, 11) is 0. The minimum atomic E-state index is -0.421. The minimum Gasteiger partial charge on any atom is -0.488 e. The Morgan fingerprint density at radius 1 is 1.08 bits per heavy atom. The fourth-order valence-electron chi connectivity index (χ4n) is 2.91. The zero-order valence-corrected chi connectivity index (χ0v) is 14.9. The average molecular weight is 324 g/mol. The summed E-state index contributed by atoms with van der Waals surface area (Å²) in [5.74, 6) is 0.401. The van der Waals surface area contributed by atoms with Gasteiger partial charge < -0.3 is 9.47 Å². The Morgan fingerprint density at radius 3 is 2.38 bits per heavy atom. The van der Waals surface area contributed by atoms with Crippen molar-refractivity contribution in [1.82, 2.24) is 0 Å². The number of esters is 1. The van der Waals surface area contributed by atoms with E-state index in [0.717, 1.165) is 27.7 Å². The van der Waals surface area contributed by atoms with E-state index in [9.17, 15) is 4.79 Å². The monoisotopic (exact) mass is 324 g/mol. The fourth-order valence-corrected chi connectivity index (χ4v) is 2.91. The Bertz CT molecular complexity index is 804.